The monoisotopic (exact) mass is 255 g/mol. The molecule has 3 rings (SSSR count). The lowest BCUT2D eigenvalue weighted by Crippen LogP contribution is -2.24. The lowest BCUT2D eigenvalue weighted by molar-refractivity contribution is 0.304. The van der Waals surface area contributed by atoms with Crippen molar-refractivity contribution in [2.24, 2.45) is 0 Å². The van der Waals surface area contributed by atoms with Gasteiger partial charge in [0, 0.05) is 6.54 Å². The summed E-state index contributed by atoms with van der Waals surface area (Å²) in [5.74, 6) is 1.04. The van der Waals surface area contributed by atoms with Gasteiger partial charge in [-0.15, -0.1) is 0 Å². The Kier molecular flexibility index (Phi) is 3.38. The van der Waals surface area contributed by atoms with Gasteiger partial charge in [-0.25, -0.2) is 0 Å². The van der Waals surface area contributed by atoms with Gasteiger partial charge in [-0.05, 0) is 53.9 Å². The summed E-state index contributed by atoms with van der Waals surface area (Å²) in [5, 5.41) is 12.6. The van der Waals surface area contributed by atoms with E-state index in [2.05, 4.69) is 23.5 Å². The van der Waals surface area contributed by atoms with E-state index in [1.807, 2.05) is 0 Å². The van der Waals surface area contributed by atoms with E-state index in [1.165, 1.54) is 16.7 Å². The molecule has 2 N–H and O–H groups in total. The Balaban J connectivity index is 1.75. The summed E-state index contributed by atoms with van der Waals surface area (Å²) in [7, 11) is 0. The fourth-order valence-electron chi connectivity index (χ4n) is 2.45. The molecule has 1 aliphatic heterocycles. The van der Waals surface area contributed by atoms with Crippen LogP contribution in [0.15, 0.2) is 42.5 Å². The Hall–Kier alpha value is -2.00. The zero-order chi connectivity index (χ0) is 13.1. The molecule has 1 aliphatic rings. The number of aromatic hydroxyl groups is 1. The third kappa shape index (κ3) is 2.71. The van der Waals surface area contributed by atoms with Crippen molar-refractivity contribution in [1.82, 2.24) is 5.32 Å². The van der Waals surface area contributed by atoms with E-state index in [4.69, 9.17) is 4.74 Å². The van der Waals surface area contributed by atoms with Gasteiger partial charge in [0.15, 0.2) is 0 Å². The van der Waals surface area contributed by atoms with Gasteiger partial charge in [0.2, 0.25) is 0 Å². The number of hydrogen-bond donors (Lipinski definition) is 2. The van der Waals surface area contributed by atoms with Crippen LogP contribution in [0.2, 0.25) is 0 Å². The second-order valence-electron chi connectivity index (χ2n) is 4.76. The van der Waals surface area contributed by atoms with E-state index in [0.29, 0.717) is 6.61 Å². The van der Waals surface area contributed by atoms with Crippen LogP contribution in [0.4, 0.5) is 0 Å². The molecule has 0 bridgehead atoms. The van der Waals surface area contributed by atoms with Crippen LogP contribution in [0.3, 0.4) is 0 Å². The van der Waals surface area contributed by atoms with Gasteiger partial charge in [-0.1, -0.05) is 18.2 Å². The highest BCUT2D eigenvalue weighted by atomic mass is 16.5. The first-order valence-corrected chi connectivity index (χ1v) is 6.55. The first-order chi connectivity index (χ1) is 9.33. The minimum atomic E-state index is 0.260. The standard InChI is InChI=1S/C16H17NO2/c18-14-4-6-15(7-5-14)19-11-13-3-1-2-12-10-17-9-8-16(12)13/h1-7,17-18H,8-11H2. The molecule has 1 heterocycles. The maximum atomic E-state index is 9.24. The third-order valence-corrected chi connectivity index (χ3v) is 3.47. The molecule has 3 nitrogen and oxygen atoms in total. The number of phenolic OH excluding ortho intramolecular Hbond substituents is 1. The molecule has 98 valence electrons. The molecule has 3 heteroatoms. The predicted molar refractivity (Wildman–Crippen MR) is 74.3 cm³/mol. The summed E-state index contributed by atoms with van der Waals surface area (Å²) in [6.45, 7) is 2.56. The highest BCUT2D eigenvalue weighted by Crippen LogP contribution is 2.21. The Bertz CT molecular complexity index is 563. The average Bonchev–Trinajstić information content (AvgIpc) is 2.47. The summed E-state index contributed by atoms with van der Waals surface area (Å²) in [4.78, 5) is 0. The fraction of sp³-hybridized carbons (Fsp3) is 0.250. The van der Waals surface area contributed by atoms with Crippen LogP contribution in [0.1, 0.15) is 16.7 Å². The smallest absolute Gasteiger partial charge is 0.120 e. The Labute approximate surface area is 112 Å². The Morgan fingerprint density at radius 2 is 1.95 bits per heavy atom. The minimum absolute atomic E-state index is 0.260. The molecular weight excluding hydrogens is 238 g/mol. The molecule has 19 heavy (non-hydrogen) atoms. The van der Waals surface area contributed by atoms with E-state index < -0.39 is 0 Å². The van der Waals surface area contributed by atoms with Crippen LogP contribution in [0.5, 0.6) is 11.5 Å². The zero-order valence-electron chi connectivity index (χ0n) is 10.7. The Morgan fingerprint density at radius 1 is 1.11 bits per heavy atom. The topological polar surface area (TPSA) is 41.5 Å². The van der Waals surface area contributed by atoms with E-state index in [9.17, 15) is 5.11 Å². The molecule has 0 unspecified atom stereocenters. The number of fused-ring (bicyclic) bond motifs is 1. The normalized spacial score (nSPS) is 13.9. The molecular formula is C16H17NO2. The lowest BCUT2D eigenvalue weighted by atomic mass is 9.96. The summed E-state index contributed by atoms with van der Waals surface area (Å²) >= 11 is 0. The van der Waals surface area contributed by atoms with Crippen LogP contribution in [0.25, 0.3) is 0 Å². The maximum absolute atomic E-state index is 9.24. The van der Waals surface area contributed by atoms with E-state index in [0.717, 1.165) is 25.3 Å². The summed E-state index contributed by atoms with van der Waals surface area (Å²) in [6, 6.07) is 13.2. The van der Waals surface area contributed by atoms with Crippen LogP contribution in [0, 0.1) is 0 Å². The van der Waals surface area contributed by atoms with Crippen molar-refractivity contribution in [3.05, 3.63) is 59.2 Å². The highest BCUT2D eigenvalue weighted by Gasteiger charge is 2.12. The molecule has 0 aromatic heterocycles. The SMILES string of the molecule is Oc1ccc(OCc2cccc3c2CCNC3)cc1. The van der Waals surface area contributed by atoms with Gasteiger partial charge in [-0.3, -0.25) is 0 Å². The molecule has 0 saturated carbocycles. The van der Waals surface area contributed by atoms with E-state index >= 15 is 0 Å². The van der Waals surface area contributed by atoms with Gasteiger partial charge in [0.1, 0.15) is 18.1 Å². The van der Waals surface area contributed by atoms with E-state index in [-0.39, 0.29) is 5.75 Å². The molecule has 0 fully saturated rings. The molecule has 0 amide bonds. The first-order valence-electron chi connectivity index (χ1n) is 6.55. The van der Waals surface area contributed by atoms with Gasteiger partial charge in [0.25, 0.3) is 0 Å². The van der Waals surface area contributed by atoms with Gasteiger partial charge >= 0.3 is 0 Å². The zero-order valence-corrected chi connectivity index (χ0v) is 10.7. The summed E-state index contributed by atoms with van der Waals surface area (Å²) in [5.41, 5.74) is 4.05. The molecule has 2 aromatic rings. The number of nitrogens with one attached hydrogen (secondary N) is 1. The van der Waals surface area contributed by atoms with Crippen LogP contribution in [-0.2, 0) is 19.6 Å². The predicted octanol–water partition coefficient (Wildman–Crippen LogP) is 2.62. The molecule has 0 radical (unpaired) electrons. The van der Waals surface area contributed by atoms with Crippen molar-refractivity contribution in [2.45, 2.75) is 19.6 Å². The van der Waals surface area contributed by atoms with Crippen molar-refractivity contribution in [3.63, 3.8) is 0 Å². The van der Waals surface area contributed by atoms with Crippen LogP contribution >= 0.6 is 0 Å². The summed E-state index contributed by atoms with van der Waals surface area (Å²) < 4.78 is 5.78. The minimum Gasteiger partial charge on any atom is -0.508 e. The largest absolute Gasteiger partial charge is 0.508 e. The van der Waals surface area contributed by atoms with Crippen molar-refractivity contribution in [2.75, 3.05) is 6.54 Å². The van der Waals surface area contributed by atoms with Gasteiger partial charge < -0.3 is 15.2 Å². The fourth-order valence-corrected chi connectivity index (χ4v) is 2.45. The quantitative estimate of drug-likeness (QED) is 0.886. The molecule has 0 atom stereocenters. The number of ether oxygens (including phenoxy) is 1. The lowest BCUT2D eigenvalue weighted by Gasteiger charge is -2.20. The first kappa shape index (κ1) is 12.1. The Morgan fingerprint density at radius 3 is 2.79 bits per heavy atom. The van der Waals surface area contributed by atoms with Crippen molar-refractivity contribution < 1.29 is 9.84 Å². The van der Waals surface area contributed by atoms with Crippen LogP contribution < -0.4 is 10.1 Å². The van der Waals surface area contributed by atoms with Crippen molar-refractivity contribution >= 4 is 0 Å². The number of phenols is 1. The molecule has 0 spiro atoms. The van der Waals surface area contributed by atoms with Gasteiger partial charge in [0.05, 0.1) is 0 Å². The molecule has 2 aromatic carbocycles. The maximum Gasteiger partial charge on any atom is 0.120 e. The average molecular weight is 255 g/mol. The van der Waals surface area contributed by atoms with E-state index in [1.54, 1.807) is 24.3 Å². The second kappa shape index (κ2) is 5.33. The number of benzene rings is 2. The second-order valence-corrected chi connectivity index (χ2v) is 4.76. The number of rotatable bonds is 3. The third-order valence-electron chi connectivity index (χ3n) is 3.47. The van der Waals surface area contributed by atoms with Crippen molar-refractivity contribution in [1.29, 1.82) is 0 Å². The highest BCUT2D eigenvalue weighted by molar-refractivity contribution is 5.37. The van der Waals surface area contributed by atoms with Crippen LogP contribution in [-0.4, -0.2) is 11.7 Å². The van der Waals surface area contributed by atoms with Crippen molar-refractivity contribution in [3.8, 4) is 11.5 Å². The summed E-state index contributed by atoms with van der Waals surface area (Å²) in [6.07, 6.45) is 1.06. The molecule has 0 saturated heterocycles. The number of hydrogen-bond acceptors (Lipinski definition) is 3. The van der Waals surface area contributed by atoms with Gasteiger partial charge in [-0.2, -0.15) is 0 Å². The molecule has 0 aliphatic carbocycles.